The van der Waals surface area contributed by atoms with Crippen molar-refractivity contribution < 1.29 is 9.59 Å². The second-order valence-electron chi connectivity index (χ2n) is 5.44. The molecule has 1 aromatic heterocycles. The Kier molecular flexibility index (Phi) is 4.55. The van der Waals surface area contributed by atoms with Crippen LogP contribution < -0.4 is 10.6 Å². The third kappa shape index (κ3) is 3.13. The van der Waals surface area contributed by atoms with Crippen LogP contribution in [-0.4, -0.2) is 21.5 Å². The predicted molar refractivity (Wildman–Crippen MR) is 105 cm³/mol. The molecule has 2 N–H and O–H groups in total. The molecule has 122 valence electrons. The van der Waals surface area contributed by atoms with Crippen molar-refractivity contribution in [3.8, 4) is 5.69 Å². The summed E-state index contributed by atoms with van der Waals surface area (Å²) >= 11 is 7.08. The van der Waals surface area contributed by atoms with Gasteiger partial charge in [0.15, 0.2) is 5.11 Å². The van der Waals surface area contributed by atoms with Gasteiger partial charge >= 0.3 is 0 Å². The molecule has 0 aliphatic carbocycles. The number of hydrogen-bond acceptors (Lipinski definition) is 3. The lowest BCUT2D eigenvalue weighted by Gasteiger charge is -2.16. The molecule has 1 aliphatic heterocycles. The fourth-order valence-electron chi connectivity index (χ4n) is 2.71. The van der Waals surface area contributed by atoms with Gasteiger partial charge in [-0.2, -0.15) is 0 Å². The minimum absolute atomic E-state index is 0.0338. The lowest BCUT2D eigenvalue weighted by molar-refractivity contribution is -0.123. The number of aryl methyl sites for hydroxylation is 1. The molecule has 1 aromatic carbocycles. The van der Waals surface area contributed by atoms with Gasteiger partial charge in [0.05, 0.1) is 0 Å². The topological polar surface area (TPSA) is 63.1 Å². The van der Waals surface area contributed by atoms with Gasteiger partial charge in [-0.1, -0.05) is 6.07 Å². The van der Waals surface area contributed by atoms with Gasteiger partial charge in [0, 0.05) is 20.6 Å². The van der Waals surface area contributed by atoms with Crippen molar-refractivity contribution in [3.63, 3.8) is 0 Å². The Labute approximate surface area is 158 Å². The van der Waals surface area contributed by atoms with Gasteiger partial charge in [0.25, 0.3) is 11.8 Å². The first-order chi connectivity index (χ1) is 11.4. The lowest BCUT2D eigenvalue weighted by atomic mass is 10.1. The summed E-state index contributed by atoms with van der Waals surface area (Å²) in [6, 6.07) is 10.1. The molecule has 0 radical (unpaired) electrons. The SMILES string of the molecule is Cc1cc(C=C2C(=O)NC(=S)NC2=O)c(C)n1-c1cccc(I)c1. The van der Waals surface area contributed by atoms with E-state index in [1.54, 1.807) is 6.08 Å². The second kappa shape index (κ2) is 6.48. The fourth-order valence-corrected chi connectivity index (χ4v) is 3.42. The summed E-state index contributed by atoms with van der Waals surface area (Å²) in [7, 11) is 0. The second-order valence-corrected chi connectivity index (χ2v) is 7.09. The van der Waals surface area contributed by atoms with Crippen LogP contribution in [0.2, 0.25) is 0 Å². The van der Waals surface area contributed by atoms with Crippen LogP contribution in [0.1, 0.15) is 17.0 Å². The van der Waals surface area contributed by atoms with E-state index in [4.69, 9.17) is 12.2 Å². The van der Waals surface area contributed by atoms with Crippen molar-refractivity contribution in [1.29, 1.82) is 0 Å². The average molecular weight is 451 g/mol. The number of carbonyl (C=O) groups excluding carboxylic acids is 2. The number of benzene rings is 1. The highest BCUT2D eigenvalue weighted by atomic mass is 127. The number of hydrogen-bond donors (Lipinski definition) is 2. The Balaban J connectivity index is 2.07. The van der Waals surface area contributed by atoms with Crippen molar-refractivity contribution in [2.75, 3.05) is 0 Å². The van der Waals surface area contributed by atoms with E-state index < -0.39 is 11.8 Å². The molecule has 0 spiro atoms. The molecule has 2 amide bonds. The van der Waals surface area contributed by atoms with Crippen molar-refractivity contribution in [2.45, 2.75) is 13.8 Å². The zero-order chi connectivity index (χ0) is 17.4. The van der Waals surface area contributed by atoms with E-state index in [-0.39, 0.29) is 10.7 Å². The highest BCUT2D eigenvalue weighted by molar-refractivity contribution is 14.1. The molecule has 2 aromatic rings. The summed E-state index contributed by atoms with van der Waals surface area (Å²) in [6.45, 7) is 3.95. The van der Waals surface area contributed by atoms with Gasteiger partial charge in [-0.15, -0.1) is 0 Å². The summed E-state index contributed by atoms with van der Waals surface area (Å²) in [5.41, 5.74) is 3.88. The van der Waals surface area contributed by atoms with Crippen LogP contribution in [0.5, 0.6) is 0 Å². The molecule has 24 heavy (non-hydrogen) atoms. The Morgan fingerprint density at radius 3 is 2.42 bits per heavy atom. The molecule has 0 saturated carbocycles. The Bertz CT molecular complexity index is 893. The maximum Gasteiger partial charge on any atom is 0.263 e. The van der Waals surface area contributed by atoms with E-state index in [2.05, 4.69) is 43.9 Å². The number of nitrogens with zero attached hydrogens (tertiary/aromatic N) is 1. The molecule has 1 saturated heterocycles. The van der Waals surface area contributed by atoms with Gasteiger partial charge in [-0.25, -0.2) is 0 Å². The number of nitrogens with one attached hydrogen (secondary N) is 2. The molecule has 7 heteroatoms. The fraction of sp³-hybridized carbons (Fsp3) is 0.118. The van der Waals surface area contributed by atoms with E-state index in [0.29, 0.717) is 0 Å². The molecule has 0 bridgehead atoms. The van der Waals surface area contributed by atoms with E-state index in [9.17, 15) is 9.59 Å². The third-order valence-electron chi connectivity index (χ3n) is 3.78. The monoisotopic (exact) mass is 451 g/mol. The number of carbonyl (C=O) groups is 2. The van der Waals surface area contributed by atoms with Gasteiger partial charge in [0.1, 0.15) is 5.57 Å². The smallest absolute Gasteiger partial charge is 0.263 e. The molecular formula is C17H14IN3O2S. The van der Waals surface area contributed by atoms with Crippen molar-refractivity contribution in [3.05, 3.63) is 56.4 Å². The summed E-state index contributed by atoms with van der Waals surface area (Å²) in [5.74, 6) is -0.967. The number of halogens is 1. The molecule has 0 unspecified atom stereocenters. The van der Waals surface area contributed by atoms with Crippen LogP contribution in [0.25, 0.3) is 11.8 Å². The highest BCUT2D eigenvalue weighted by Gasteiger charge is 2.26. The highest BCUT2D eigenvalue weighted by Crippen LogP contribution is 2.24. The van der Waals surface area contributed by atoms with Crippen molar-refractivity contribution in [2.24, 2.45) is 0 Å². The molecule has 1 aliphatic rings. The van der Waals surface area contributed by atoms with Crippen LogP contribution >= 0.6 is 34.8 Å². The number of aromatic nitrogens is 1. The summed E-state index contributed by atoms with van der Waals surface area (Å²) in [4.78, 5) is 24.0. The summed E-state index contributed by atoms with van der Waals surface area (Å²) in [6.07, 6.45) is 1.60. The van der Waals surface area contributed by atoms with Crippen molar-refractivity contribution in [1.82, 2.24) is 15.2 Å². The van der Waals surface area contributed by atoms with Crippen LogP contribution in [0, 0.1) is 17.4 Å². The molecular weight excluding hydrogens is 437 g/mol. The van der Waals surface area contributed by atoms with E-state index in [1.807, 2.05) is 38.1 Å². The van der Waals surface area contributed by atoms with E-state index >= 15 is 0 Å². The minimum Gasteiger partial charge on any atom is -0.318 e. The summed E-state index contributed by atoms with van der Waals surface area (Å²) in [5, 5.41) is 4.92. The van der Waals surface area contributed by atoms with E-state index in [0.717, 1.165) is 26.2 Å². The number of amides is 2. The molecule has 3 rings (SSSR count). The van der Waals surface area contributed by atoms with Crippen LogP contribution in [0.4, 0.5) is 0 Å². The van der Waals surface area contributed by atoms with Gasteiger partial charge in [-0.05, 0) is 84.6 Å². The number of rotatable bonds is 2. The molecule has 5 nitrogen and oxygen atoms in total. The van der Waals surface area contributed by atoms with Crippen LogP contribution in [0.15, 0.2) is 35.9 Å². The number of thiocarbonyl (C=S) groups is 1. The maximum absolute atomic E-state index is 12.0. The third-order valence-corrected chi connectivity index (χ3v) is 4.66. The van der Waals surface area contributed by atoms with E-state index in [1.165, 1.54) is 0 Å². The first-order valence-electron chi connectivity index (χ1n) is 7.20. The first-order valence-corrected chi connectivity index (χ1v) is 8.69. The van der Waals surface area contributed by atoms with Crippen LogP contribution in [-0.2, 0) is 9.59 Å². The standard InChI is InChI=1S/C17H14IN3O2S/c1-9-6-11(7-14-15(22)19-17(24)20-16(14)23)10(2)21(9)13-5-3-4-12(18)8-13/h3-8H,1-2H3,(H2,19,20,22,23,24). The zero-order valence-electron chi connectivity index (χ0n) is 13.0. The predicted octanol–water partition coefficient (Wildman–Crippen LogP) is 2.61. The largest absolute Gasteiger partial charge is 0.318 e. The average Bonchev–Trinajstić information content (AvgIpc) is 2.77. The van der Waals surface area contributed by atoms with Gasteiger partial charge in [-0.3, -0.25) is 20.2 Å². The van der Waals surface area contributed by atoms with Crippen LogP contribution in [0.3, 0.4) is 0 Å². The van der Waals surface area contributed by atoms with Gasteiger partial charge in [0.2, 0.25) is 0 Å². The lowest BCUT2D eigenvalue weighted by Crippen LogP contribution is -2.51. The molecule has 0 atom stereocenters. The van der Waals surface area contributed by atoms with Crippen molar-refractivity contribution >= 4 is 57.8 Å². The molecule has 1 fully saturated rings. The first kappa shape index (κ1) is 16.8. The zero-order valence-corrected chi connectivity index (χ0v) is 16.0. The maximum atomic E-state index is 12.0. The summed E-state index contributed by atoms with van der Waals surface area (Å²) < 4.78 is 3.23. The Morgan fingerprint density at radius 1 is 1.12 bits per heavy atom. The Morgan fingerprint density at radius 2 is 1.79 bits per heavy atom. The quantitative estimate of drug-likeness (QED) is 0.320. The van der Waals surface area contributed by atoms with Gasteiger partial charge < -0.3 is 4.57 Å². The Hall–Kier alpha value is -2.00. The molecule has 2 heterocycles. The normalized spacial score (nSPS) is 14.5. The minimum atomic E-state index is -0.484.